The fraction of sp³-hybridized carbons (Fsp3) is 0.500. The van der Waals surface area contributed by atoms with Crippen LogP contribution in [0.15, 0.2) is 24.3 Å². The maximum Gasteiger partial charge on any atom is 0.387 e. The topological polar surface area (TPSA) is 47.6 Å². The highest BCUT2D eigenvalue weighted by atomic mass is 19.3. The minimum absolute atomic E-state index is 0.119. The molecule has 112 valence electrons. The van der Waals surface area contributed by atoms with E-state index in [0.29, 0.717) is 12.8 Å². The van der Waals surface area contributed by atoms with E-state index < -0.39 is 12.2 Å². The van der Waals surface area contributed by atoms with Gasteiger partial charge in [0.15, 0.2) is 0 Å². The molecule has 1 aromatic rings. The number of hydrogen-bond donors (Lipinski definition) is 1. The van der Waals surface area contributed by atoms with Crippen molar-refractivity contribution >= 4 is 5.97 Å². The molecule has 20 heavy (non-hydrogen) atoms. The Hall–Kier alpha value is -1.69. The van der Waals surface area contributed by atoms with E-state index in [1.165, 1.54) is 19.2 Å². The third-order valence-corrected chi connectivity index (χ3v) is 3.25. The van der Waals surface area contributed by atoms with Gasteiger partial charge in [-0.05, 0) is 44.5 Å². The van der Waals surface area contributed by atoms with Crippen LogP contribution in [0.1, 0.15) is 18.9 Å². The van der Waals surface area contributed by atoms with Gasteiger partial charge in [0.25, 0.3) is 0 Å². The lowest BCUT2D eigenvalue weighted by molar-refractivity contribution is -0.147. The smallest absolute Gasteiger partial charge is 0.387 e. The van der Waals surface area contributed by atoms with Crippen molar-refractivity contribution in [3.05, 3.63) is 29.8 Å². The molecule has 6 heteroatoms. The summed E-state index contributed by atoms with van der Waals surface area (Å²) in [5, 5.41) is 2.94. The maximum absolute atomic E-state index is 12.0. The monoisotopic (exact) mass is 287 g/mol. The second-order valence-corrected chi connectivity index (χ2v) is 4.60. The molecule has 0 radical (unpaired) electrons. The van der Waals surface area contributed by atoms with E-state index in [0.717, 1.165) is 5.56 Å². The number of benzene rings is 1. The number of rotatable bonds is 7. The van der Waals surface area contributed by atoms with Crippen LogP contribution in [0.2, 0.25) is 0 Å². The van der Waals surface area contributed by atoms with E-state index in [1.807, 2.05) is 0 Å². The second kappa shape index (κ2) is 7.19. The SMILES string of the molecule is CNC(C)(CCc1ccc(OC(F)F)cc1)C(=O)OC. The van der Waals surface area contributed by atoms with E-state index >= 15 is 0 Å². The lowest BCUT2D eigenvalue weighted by Crippen LogP contribution is -2.48. The maximum atomic E-state index is 12.0. The number of halogens is 2. The Labute approximate surface area is 117 Å². The number of likely N-dealkylation sites (N-methyl/N-ethyl adjacent to an activating group) is 1. The van der Waals surface area contributed by atoms with Gasteiger partial charge in [0.1, 0.15) is 11.3 Å². The first kappa shape index (κ1) is 16.4. The zero-order chi connectivity index (χ0) is 15.2. The highest BCUT2D eigenvalue weighted by Gasteiger charge is 2.31. The third-order valence-electron chi connectivity index (χ3n) is 3.25. The Balaban J connectivity index is 2.63. The summed E-state index contributed by atoms with van der Waals surface area (Å²) < 4.78 is 33.1. The Morgan fingerprint density at radius 3 is 2.40 bits per heavy atom. The van der Waals surface area contributed by atoms with E-state index in [2.05, 4.69) is 10.1 Å². The van der Waals surface area contributed by atoms with Crippen molar-refractivity contribution in [2.75, 3.05) is 14.2 Å². The number of esters is 1. The largest absolute Gasteiger partial charge is 0.468 e. The van der Waals surface area contributed by atoms with Crippen molar-refractivity contribution in [1.82, 2.24) is 5.32 Å². The lowest BCUT2D eigenvalue weighted by atomic mass is 9.93. The molecule has 0 aliphatic carbocycles. The van der Waals surface area contributed by atoms with Gasteiger partial charge < -0.3 is 14.8 Å². The predicted molar refractivity (Wildman–Crippen MR) is 70.9 cm³/mol. The fourth-order valence-electron chi connectivity index (χ4n) is 1.79. The molecule has 0 spiro atoms. The van der Waals surface area contributed by atoms with E-state index in [1.54, 1.807) is 26.1 Å². The summed E-state index contributed by atoms with van der Waals surface area (Å²) in [6.07, 6.45) is 1.15. The zero-order valence-corrected chi connectivity index (χ0v) is 11.8. The summed E-state index contributed by atoms with van der Waals surface area (Å²) in [5.41, 5.74) is 0.157. The molecule has 1 unspecified atom stereocenters. The van der Waals surface area contributed by atoms with Crippen molar-refractivity contribution in [1.29, 1.82) is 0 Å². The number of hydrogen-bond acceptors (Lipinski definition) is 4. The number of aryl methyl sites for hydroxylation is 1. The molecule has 0 amide bonds. The fourth-order valence-corrected chi connectivity index (χ4v) is 1.79. The lowest BCUT2D eigenvalue weighted by Gasteiger charge is -2.26. The van der Waals surface area contributed by atoms with Crippen LogP contribution in [0, 0.1) is 0 Å². The Morgan fingerprint density at radius 2 is 1.95 bits per heavy atom. The van der Waals surface area contributed by atoms with Gasteiger partial charge in [-0.1, -0.05) is 12.1 Å². The summed E-state index contributed by atoms with van der Waals surface area (Å²) in [7, 11) is 3.03. The first-order valence-electron chi connectivity index (χ1n) is 6.22. The van der Waals surface area contributed by atoms with Gasteiger partial charge in [-0.2, -0.15) is 8.78 Å². The summed E-state index contributed by atoms with van der Waals surface area (Å²) in [4.78, 5) is 11.7. The molecule has 0 saturated heterocycles. The normalized spacial score (nSPS) is 13.9. The number of alkyl halides is 2. The average molecular weight is 287 g/mol. The quantitative estimate of drug-likeness (QED) is 0.782. The van der Waals surface area contributed by atoms with Crippen molar-refractivity contribution < 1.29 is 23.0 Å². The summed E-state index contributed by atoms with van der Waals surface area (Å²) in [5.74, 6) is -0.217. The number of carbonyl (C=O) groups is 1. The van der Waals surface area contributed by atoms with E-state index in [4.69, 9.17) is 4.74 Å². The summed E-state index contributed by atoms with van der Waals surface area (Å²) >= 11 is 0. The van der Waals surface area contributed by atoms with Crippen molar-refractivity contribution in [3.63, 3.8) is 0 Å². The minimum Gasteiger partial charge on any atom is -0.468 e. The number of ether oxygens (including phenoxy) is 2. The average Bonchev–Trinajstić information content (AvgIpc) is 2.44. The van der Waals surface area contributed by atoms with Crippen molar-refractivity contribution in [3.8, 4) is 5.75 Å². The number of methoxy groups -OCH3 is 1. The van der Waals surface area contributed by atoms with Crippen LogP contribution < -0.4 is 10.1 Å². The van der Waals surface area contributed by atoms with Gasteiger partial charge in [0.2, 0.25) is 0 Å². The van der Waals surface area contributed by atoms with Gasteiger partial charge in [-0.15, -0.1) is 0 Å². The van der Waals surface area contributed by atoms with Crippen LogP contribution in [-0.4, -0.2) is 32.3 Å². The molecule has 1 aromatic carbocycles. The standard InChI is InChI=1S/C14H19F2NO3/c1-14(17-2,12(18)19-3)9-8-10-4-6-11(7-5-10)20-13(15)16/h4-7,13,17H,8-9H2,1-3H3. The molecule has 1 rings (SSSR count). The van der Waals surface area contributed by atoms with Crippen LogP contribution in [0.25, 0.3) is 0 Å². The molecule has 1 N–H and O–H groups in total. The first-order valence-corrected chi connectivity index (χ1v) is 6.22. The molecule has 0 aromatic heterocycles. The molecule has 0 fully saturated rings. The van der Waals surface area contributed by atoms with Gasteiger partial charge in [0.05, 0.1) is 7.11 Å². The second-order valence-electron chi connectivity index (χ2n) is 4.60. The molecule has 0 saturated carbocycles. The molecule has 0 aliphatic heterocycles. The zero-order valence-electron chi connectivity index (χ0n) is 11.8. The molecule has 0 bridgehead atoms. The highest BCUT2D eigenvalue weighted by molar-refractivity contribution is 5.80. The number of nitrogens with one attached hydrogen (secondary N) is 1. The van der Waals surface area contributed by atoms with E-state index in [-0.39, 0.29) is 11.7 Å². The Kier molecular flexibility index (Phi) is 5.88. The Bertz CT molecular complexity index is 437. The number of carbonyl (C=O) groups excluding carboxylic acids is 1. The van der Waals surface area contributed by atoms with Gasteiger partial charge in [0, 0.05) is 0 Å². The molecule has 1 atom stereocenters. The van der Waals surface area contributed by atoms with Gasteiger partial charge in [-0.25, -0.2) is 0 Å². The molecule has 0 heterocycles. The molecule has 0 aliphatic rings. The summed E-state index contributed by atoms with van der Waals surface area (Å²) in [6.45, 7) is -1.07. The van der Waals surface area contributed by atoms with Crippen LogP contribution in [0.5, 0.6) is 5.75 Å². The van der Waals surface area contributed by atoms with Crippen molar-refractivity contribution in [2.45, 2.75) is 31.9 Å². The van der Waals surface area contributed by atoms with Crippen LogP contribution in [-0.2, 0) is 16.0 Å². The highest BCUT2D eigenvalue weighted by Crippen LogP contribution is 2.19. The van der Waals surface area contributed by atoms with Crippen molar-refractivity contribution in [2.24, 2.45) is 0 Å². The third kappa shape index (κ3) is 4.45. The minimum atomic E-state index is -2.83. The van der Waals surface area contributed by atoms with Crippen LogP contribution in [0.4, 0.5) is 8.78 Å². The molecular formula is C14H19F2NO3. The predicted octanol–water partition coefficient (Wildman–Crippen LogP) is 2.37. The van der Waals surface area contributed by atoms with Gasteiger partial charge >= 0.3 is 12.6 Å². The first-order chi connectivity index (χ1) is 9.41. The molecular weight excluding hydrogens is 268 g/mol. The molecule has 4 nitrogen and oxygen atoms in total. The summed E-state index contributed by atoms with van der Waals surface area (Å²) in [6, 6.07) is 6.36. The van der Waals surface area contributed by atoms with Crippen LogP contribution in [0.3, 0.4) is 0 Å². The Morgan fingerprint density at radius 1 is 1.35 bits per heavy atom. The van der Waals surface area contributed by atoms with E-state index in [9.17, 15) is 13.6 Å². The van der Waals surface area contributed by atoms with Gasteiger partial charge in [-0.3, -0.25) is 4.79 Å². The van der Waals surface area contributed by atoms with Crippen LogP contribution >= 0.6 is 0 Å².